The maximum Gasteiger partial charge on any atom is 0.328 e. The number of esters is 1. The van der Waals surface area contributed by atoms with Gasteiger partial charge in [-0.2, -0.15) is 0 Å². The third-order valence-electron chi connectivity index (χ3n) is 3.41. The molecule has 2 aromatic carbocycles. The van der Waals surface area contributed by atoms with E-state index >= 15 is 0 Å². The lowest BCUT2D eigenvalue weighted by Crippen LogP contribution is -2.43. The van der Waals surface area contributed by atoms with Gasteiger partial charge in [0, 0.05) is 23.0 Å². The van der Waals surface area contributed by atoms with E-state index < -0.39 is 40.9 Å². The molecule has 4 nitrogen and oxygen atoms in total. The van der Waals surface area contributed by atoms with Gasteiger partial charge in [-0.15, -0.1) is 0 Å². The van der Waals surface area contributed by atoms with E-state index in [4.69, 9.17) is 0 Å². The first-order valence-corrected chi connectivity index (χ1v) is 7.89. The molecule has 0 aromatic heterocycles. The zero-order valence-electron chi connectivity index (χ0n) is 13.0. The van der Waals surface area contributed by atoms with Crippen LogP contribution in [0.1, 0.15) is 15.9 Å². The van der Waals surface area contributed by atoms with Crippen molar-refractivity contribution in [2.75, 3.05) is 7.11 Å². The van der Waals surface area contributed by atoms with Gasteiger partial charge in [0.25, 0.3) is 5.91 Å². The second-order valence-electron chi connectivity index (χ2n) is 5.09. The summed E-state index contributed by atoms with van der Waals surface area (Å²) in [6.07, 6.45) is 0.0320. The van der Waals surface area contributed by atoms with Gasteiger partial charge in [-0.05, 0) is 11.6 Å². The zero-order chi connectivity index (χ0) is 18.6. The summed E-state index contributed by atoms with van der Waals surface area (Å²) in [5, 5.41) is 2.22. The molecule has 0 spiro atoms. The number of hydrogen-bond acceptors (Lipinski definition) is 3. The molecule has 0 saturated heterocycles. The number of hydrogen-bond donors (Lipinski definition) is 1. The Labute approximate surface area is 150 Å². The predicted molar refractivity (Wildman–Crippen MR) is 87.4 cm³/mol. The van der Waals surface area contributed by atoms with Crippen molar-refractivity contribution in [2.45, 2.75) is 12.5 Å². The molecule has 1 atom stereocenters. The van der Waals surface area contributed by atoms with Crippen molar-refractivity contribution in [3.63, 3.8) is 0 Å². The van der Waals surface area contributed by atoms with Crippen LogP contribution in [0.5, 0.6) is 0 Å². The van der Waals surface area contributed by atoms with Crippen LogP contribution in [0.4, 0.5) is 13.2 Å². The number of amides is 1. The first-order valence-electron chi connectivity index (χ1n) is 7.10. The fraction of sp³-hybridized carbons (Fsp3) is 0.176. The van der Waals surface area contributed by atoms with Gasteiger partial charge in [0.1, 0.15) is 29.1 Å². The van der Waals surface area contributed by atoms with E-state index in [9.17, 15) is 22.8 Å². The van der Waals surface area contributed by atoms with Crippen molar-refractivity contribution < 1.29 is 27.5 Å². The van der Waals surface area contributed by atoms with Gasteiger partial charge < -0.3 is 10.1 Å². The minimum absolute atomic E-state index is 0.0320. The van der Waals surface area contributed by atoms with Crippen molar-refractivity contribution in [1.29, 1.82) is 0 Å². The van der Waals surface area contributed by atoms with Gasteiger partial charge in [0.05, 0.1) is 7.11 Å². The minimum Gasteiger partial charge on any atom is -0.467 e. The smallest absolute Gasteiger partial charge is 0.328 e. The Morgan fingerprint density at radius 1 is 1.16 bits per heavy atom. The number of halogens is 4. The standard InChI is InChI=1S/C17H13BrF3NO3/c1-25-17(24)14(6-9-4-2-3-5-11(9)18)22-16(23)15-12(20)7-10(19)8-13(15)21/h2-5,7-8,14H,6H2,1H3,(H,22,23)/t14-/m1/s1. The van der Waals surface area contributed by atoms with E-state index in [1.807, 2.05) is 0 Å². The maximum atomic E-state index is 13.7. The summed E-state index contributed by atoms with van der Waals surface area (Å²) in [7, 11) is 1.13. The number of methoxy groups -OCH3 is 1. The van der Waals surface area contributed by atoms with Crippen molar-refractivity contribution in [2.24, 2.45) is 0 Å². The topological polar surface area (TPSA) is 55.4 Å². The lowest BCUT2D eigenvalue weighted by molar-refractivity contribution is -0.142. The van der Waals surface area contributed by atoms with Crippen molar-refractivity contribution in [1.82, 2.24) is 5.32 Å². The summed E-state index contributed by atoms with van der Waals surface area (Å²) in [6.45, 7) is 0. The predicted octanol–water partition coefficient (Wildman–Crippen LogP) is 3.38. The Kier molecular flexibility index (Phi) is 6.19. The summed E-state index contributed by atoms with van der Waals surface area (Å²) in [4.78, 5) is 24.1. The van der Waals surface area contributed by atoms with Gasteiger partial charge in [0.15, 0.2) is 0 Å². The number of benzene rings is 2. The van der Waals surface area contributed by atoms with Crippen LogP contribution in [-0.4, -0.2) is 25.0 Å². The van der Waals surface area contributed by atoms with Crippen LogP contribution in [0, 0.1) is 17.5 Å². The molecule has 2 rings (SSSR count). The molecule has 25 heavy (non-hydrogen) atoms. The van der Waals surface area contributed by atoms with Crippen LogP contribution in [0.25, 0.3) is 0 Å². The molecule has 0 aliphatic heterocycles. The number of nitrogens with one attached hydrogen (secondary N) is 1. The van der Waals surface area contributed by atoms with Crippen LogP contribution >= 0.6 is 15.9 Å². The molecule has 0 saturated carbocycles. The lowest BCUT2D eigenvalue weighted by atomic mass is 10.1. The summed E-state index contributed by atoms with van der Waals surface area (Å²) >= 11 is 3.31. The average Bonchev–Trinajstić information content (AvgIpc) is 2.54. The first-order chi connectivity index (χ1) is 11.8. The number of carbonyl (C=O) groups is 2. The molecule has 0 fully saturated rings. The normalized spacial score (nSPS) is 11.7. The van der Waals surface area contributed by atoms with E-state index in [1.165, 1.54) is 0 Å². The summed E-state index contributed by atoms with van der Waals surface area (Å²) < 4.78 is 45.7. The molecule has 0 heterocycles. The molecule has 2 aromatic rings. The molecule has 1 amide bonds. The van der Waals surface area contributed by atoms with Crippen molar-refractivity contribution in [3.8, 4) is 0 Å². The molecular weight excluding hydrogens is 403 g/mol. The number of rotatable bonds is 5. The van der Waals surface area contributed by atoms with E-state index in [0.717, 1.165) is 7.11 Å². The largest absolute Gasteiger partial charge is 0.467 e. The molecule has 132 valence electrons. The van der Waals surface area contributed by atoms with Crippen LogP contribution in [0.3, 0.4) is 0 Å². The molecule has 0 aliphatic carbocycles. The van der Waals surface area contributed by atoms with Gasteiger partial charge in [-0.3, -0.25) is 4.79 Å². The summed E-state index contributed by atoms with van der Waals surface area (Å²) in [5.41, 5.74) is -0.291. The molecule has 0 unspecified atom stereocenters. The fourth-order valence-corrected chi connectivity index (χ4v) is 2.66. The maximum absolute atomic E-state index is 13.7. The van der Waals surface area contributed by atoms with E-state index in [-0.39, 0.29) is 6.42 Å². The molecule has 0 aliphatic rings. The quantitative estimate of drug-likeness (QED) is 0.761. The highest BCUT2D eigenvalue weighted by Crippen LogP contribution is 2.19. The van der Waals surface area contributed by atoms with Crippen molar-refractivity contribution in [3.05, 3.63) is 69.4 Å². The molecular formula is C17H13BrF3NO3. The van der Waals surface area contributed by atoms with E-state index in [2.05, 4.69) is 26.0 Å². The third-order valence-corrected chi connectivity index (χ3v) is 4.18. The highest BCUT2D eigenvalue weighted by atomic mass is 79.9. The number of carbonyl (C=O) groups excluding carboxylic acids is 2. The Hall–Kier alpha value is -2.35. The third kappa shape index (κ3) is 4.60. The highest BCUT2D eigenvalue weighted by molar-refractivity contribution is 9.10. The van der Waals surface area contributed by atoms with Gasteiger partial charge >= 0.3 is 5.97 Å². The van der Waals surface area contributed by atoms with Gasteiger partial charge in [-0.1, -0.05) is 34.1 Å². The second kappa shape index (κ2) is 8.15. The molecule has 0 bridgehead atoms. The fourth-order valence-electron chi connectivity index (χ4n) is 2.21. The Morgan fingerprint density at radius 3 is 2.32 bits per heavy atom. The van der Waals surface area contributed by atoms with Crippen LogP contribution < -0.4 is 5.32 Å². The first kappa shape index (κ1) is 19.0. The Balaban J connectivity index is 2.27. The van der Waals surface area contributed by atoms with Crippen LogP contribution in [0.15, 0.2) is 40.9 Å². The van der Waals surface area contributed by atoms with Crippen LogP contribution in [-0.2, 0) is 16.0 Å². The Bertz CT molecular complexity index is 790. The minimum atomic E-state index is -1.36. The molecule has 8 heteroatoms. The SMILES string of the molecule is COC(=O)[C@@H](Cc1ccccc1Br)NC(=O)c1c(F)cc(F)cc1F. The van der Waals surface area contributed by atoms with E-state index in [1.54, 1.807) is 24.3 Å². The highest BCUT2D eigenvalue weighted by Gasteiger charge is 2.26. The Morgan fingerprint density at radius 2 is 1.76 bits per heavy atom. The second-order valence-corrected chi connectivity index (χ2v) is 5.94. The molecule has 1 N–H and O–H groups in total. The average molecular weight is 416 g/mol. The van der Waals surface area contributed by atoms with Gasteiger partial charge in [0.2, 0.25) is 0 Å². The monoisotopic (exact) mass is 415 g/mol. The lowest BCUT2D eigenvalue weighted by Gasteiger charge is -2.18. The summed E-state index contributed by atoms with van der Waals surface area (Å²) in [5.74, 6) is -5.84. The van der Waals surface area contributed by atoms with Gasteiger partial charge in [-0.25, -0.2) is 18.0 Å². The molecule has 0 radical (unpaired) electrons. The summed E-state index contributed by atoms with van der Waals surface area (Å²) in [6, 6.07) is 6.55. The van der Waals surface area contributed by atoms with Crippen molar-refractivity contribution >= 4 is 27.8 Å². The zero-order valence-corrected chi connectivity index (χ0v) is 14.6. The van der Waals surface area contributed by atoms with E-state index in [0.29, 0.717) is 22.2 Å². The number of ether oxygens (including phenoxy) is 1. The van der Waals surface area contributed by atoms with Crippen LogP contribution in [0.2, 0.25) is 0 Å².